The predicted molar refractivity (Wildman–Crippen MR) is 106 cm³/mol. The Balaban J connectivity index is 1.69. The van der Waals surface area contributed by atoms with Gasteiger partial charge in [-0.05, 0) is 37.8 Å². The number of ether oxygens (including phenoxy) is 1. The summed E-state index contributed by atoms with van der Waals surface area (Å²) in [7, 11) is 0. The average Bonchev–Trinajstić information content (AvgIpc) is 2.94. The molecule has 2 aliphatic rings. The Morgan fingerprint density at radius 3 is 2.07 bits per heavy atom. The predicted octanol–water partition coefficient (Wildman–Crippen LogP) is 2.69. The molecule has 1 aromatic carbocycles. The van der Waals surface area contributed by atoms with Crippen LogP contribution in [0.5, 0.6) is 0 Å². The molecule has 0 radical (unpaired) electrons. The first-order valence-electron chi connectivity index (χ1n) is 10.3. The van der Waals surface area contributed by atoms with Crippen LogP contribution in [0.4, 0.5) is 0 Å². The molecule has 0 unspecified atom stereocenters. The smallest absolute Gasteiger partial charge is 0.330 e. The summed E-state index contributed by atoms with van der Waals surface area (Å²) in [6.45, 7) is 4.99. The third-order valence-corrected chi connectivity index (χ3v) is 5.59. The number of benzene rings is 1. The first-order valence-corrected chi connectivity index (χ1v) is 10.3. The summed E-state index contributed by atoms with van der Waals surface area (Å²) in [5.74, 6) is -2.49. The van der Waals surface area contributed by atoms with Crippen molar-refractivity contribution in [2.24, 2.45) is 5.92 Å². The number of nitrogens with one attached hydrogen (secondary N) is 1. The van der Waals surface area contributed by atoms with Gasteiger partial charge in [-0.25, -0.2) is 4.79 Å². The normalized spacial score (nSPS) is 19.1. The lowest BCUT2D eigenvalue weighted by Crippen LogP contribution is -2.51. The highest BCUT2D eigenvalue weighted by molar-refractivity contribution is 6.22. The molecule has 156 valence electrons. The van der Waals surface area contributed by atoms with Gasteiger partial charge in [0.2, 0.25) is 0 Å². The number of hydrogen-bond acceptors (Lipinski definition) is 5. The number of fused-ring (bicyclic) bond motifs is 1. The van der Waals surface area contributed by atoms with Gasteiger partial charge in [0.25, 0.3) is 17.7 Å². The van der Waals surface area contributed by atoms with Crippen LogP contribution in [-0.2, 0) is 14.3 Å². The monoisotopic (exact) mass is 400 g/mol. The van der Waals surface area contributed by atoms with E-state index in [1.165, 1.54) is 13.3 Å². The Labute approximate surface area is 170 Å². The Hall–Kier alpha value is -2.70. The molecule has 29 heavy (non-hydrogen) atoms. The molecule has 1 N–H and O–H groups in total. The third kappa shape index (κ3) is 4.33. The molecule has 0 spiro atoms. The van der Waals surface area contributed by atoms with Crippen LogP contribution >= 0.6 is 0 Å². The van der Waals surface area contributed by atoms with Crippen molar-refractivity contribution >= 4 is 23.7 Å². The van der Waals surface area contributed by atoms with Crippen molar-refractivity contribution in [3.8, 4) is 0 Å². The quantitative estimate of drug-likeness (QED) is 0.585. The van der Waals surface area contributed by atoms with Crippen molar-refractivity contribution in [2.45, 2.75) is 71.1 Å². The molecule has 3 rings (SSSR count). The van der Waals surface area contributed by atoms with E-state index in [1.54, 1.807) is 38.1 Å². The van der Waals surface area contributed by atoms with E-state index in [1.807, 2.05) is 0 Å². The fourth-order valence-corrected chi connectivity index (χ4v) is 4.00. The minimum absolute atomic E-state index is 0.106. The molecule has 7 heteroatoms. The highest BCUT2D eigenvalue weighted by Gasteiger charge is 2.45. The molecule has 1 aliphatic heterocycles. The Morgan fingerprint density at radius 1 is 1.00 bits per heavy atom. The zero-order valence-electron chi connectivity index (χ0n) is 17.1. The number of esters is 1. The third-order valence-electron chi connectivity index (χ3n) is 5.59. The molecule has 2 atom stereocenters. The number of imide groups is 1. The maximum atomic E-state index is 12.9. The molecule has 0 bridgehead atoms. The highest BCUT2D eigenvalue weighted by Crippen LogP contribution is 2.28. The summed E-state index contributed by atoms with van der Waals surface area (Å²) >= 11 is 0. The topological polar surface area (TPSA) is 92.8 Å². The maximum Gasteiger partial charge on any atom is 0.330 e. The van der Waals surface area contributed by atoms with Crippen LogP contribution in [0.3, 0.4) is 0 Å². The molecule has 3 amide bonds. The van der Waals surface area contributed by atoms with Crippen LogP contribution in [0.15, 0.2) is 24.3 Å². The summed E-state index contributed by atoms with van der Waals surface area (Å²) in [5.41, 5.74) is 0.554. The zero-order valence-corrected chi connectivity index (χ0v) is 17.1. The minimum Gasteiger partial charge on any atom is -0.451 e. The lowest BCUT2D eigenvalue weighted by Gasteiger charge is -2.29. The number of hydrogen-bond donors (Lipinski definition) is 1. The second-order valence-electron chi connectivity index (χ2n) is 8.14. The average molecular weight is 400 g/mol. The summed E-state index contributed by atoms with van der Waals surface area (Å²) in [4.78, 5) is 51.8. The van der Waals surface area contributed by atoms with Crippen molar-refractivity contribution < 1.29 is 23.9 Å². The molecule has 1 aliphatic carbocycles. The number of carbonyl (C=O) groups is 4. The first kappa shape index (κ1) is 21.0. The number of nitrogens with zero attached hydrogens (tertiary/aromatic N) is 1. The maximum absolute atomic E-state index is 12.9. The molecular weight excluding hydrogens is 372 g/mol. The lowest BCUT2D eigenvalue weighted by molar-refractivity contribution is -0.160. The molecule has 0 aromatic heterocycles. The highest BCUT2D eigenvalue weighted by atomic mass is 16.5. The largest absolute Gasteiger partial charge is 0.451 e. The van der Waals surface area contributed by atoms with Gasteiger partial charge in [0.05, 0.1) is 11.1 Å². The SMILES string of the molecule is CC(C)[C@H](C(=O)O[C@@H](C)C(=O)NC1CCCCC1)N1C(=O)c2ccccc2C1=O. The second-order valence-corrected chi connectivity index (χ2v) is 8.14. The van der Waals surface area contributed by atoms with Gasteiger partial charge in [-0.1, -0.05) is 45.2 Å². The summed E-state index contributed by atoms with van der Waals surface area (Å²) in [5, 5.41) is 2.93. The van der Waals surface area contributed by atoms with Gasteiger partial charge in [-0.3, -0.25) is 19.3 Å². The lowest BCUT2D eigenvalue weighted by atomic mass is 9.95. The van der Waals surface area contributed by atoms with E-state index in [9.17, 15) is 19.2 Å². The Bertz CT molecular complexity index is 778. The van der Waals surface area contributed by atoms with Crippen LogP contribution in [0.25, 0.3) is 0 Å². The van der Waals surface area contributed by atoms with E-state index in [0.29, 0.717) is 0 Å². The van der Waals surface area contributed by atoms with Gasteiger partial charge >= 0.3 is 5.97 Å². The standard InChI is InChI=1S/C22H28N2O5/c1-13(2)18(24-20(26)16-11-7-8-12-17(16)21(24)27)22(28)29-14(3)19(25)23-15-9-5-4-6-10-15/h7-8,11-15,18H,4-6,9-10H2,1-3H3,(H,23,25)/t14-,18+/m0/s1. The van der Waals surface area contributed by atoms with Crippen LogP contribution in [0.2, 0.25) is 0 Å². The molecule has 1 saturated carbocycles. The van der Waals surface area contributed by atoms with E-state index in [-0.39, 0.29) is 29.0 Å². The zero-order chi connectivity index (χ0) is 21.1. The van der Waals surface area contributed by atoms with Crippen LogP contribution < -0.4 is 5.32 Å². The first-order chi connectivity index (χ1) is 13.8. The van der Waals surface area contributed by atoms with E-state index in [2.05, 4.69) is 5.32 Å². The van der Waals surface area contributed by atoms with Gasteiger partial charge in [-0.2, -0.15) is 0 Å². The van der Waals surface area contributed by atoms with E-state index in [0.717, 1.165) is 30.6 Å². The van der Waals surface area contributed by atoms with E-state index < -0.39 is 29.9 Å². The summed E-state index contributed by atoms with van der Waals surface area (Å²) in [6.07, 6.45) is 4.18. The van der Waals surface area contributed by atoms with Gasteiger partial charge in [0.1, 0.15) is 6.04 Å². The number of amides is 3. The molecule has 7 nitrogen and oxygen atoms in total. The van der Waals surface area contributed by atoms with Crippen molar-refractivity contribution in [1.29, 1.82) is 0 Å². The van der Waals surface area contributed by atoms with Gasteiger partial charge in [0, 0.05) is 6.04 Å². The second kappa shape index (κ2) is 8.76. The van der Waals surface area contributed by atoms with E-state index in [4.69, 9.17) is 4.74 Å². The van der Waals surface area contributed by atoms with Gasteiger partial charge in [-0.15, -0.1) is 0 Å². The van der Waals surface area contributed by atoms with Crippen LogP contribution in [0, 0.1) is 5.92 Å². The Kier molecular flexibility index (Phi) is 6.35. The fourth-order valence-electron chi connectivity index (χ4n) is 4.00. The number of rotatable bonds is 6. The summed E-state index contributed by atoms with van der Waals surface area (Å²) < 4.78 is 5.39. The molecule has 1 heterocycles. The molecule has 0 saturated heterocycles. The van der Waals surface area contributed by atoms with E-state index >= 15 is 0 Å². The molecule has 1 aromatic rings. The van der Waals surface area contributed by atoms with Crippen molar-refractivity contribution in [3.63, 3.8) is 0 Å². The Morgan fingerprint density at radius 2 is 1.55 bits per heavy atom. The molecule has 1 fully saturated rings. The fraction of sp³-hybridized carbons (Fsp3) is 0.545. The molecular formula is C22H28N2O5. The van der Waals surface area contributed by atoms with Crippen molar-refractivity contribution in [1.82, 2.24) is 10.2 Å². The summed E-state index contributed by atoms with van der Waals surface area (Å²) in [6, 6.07) is 5.50. The number of carbonyl (C=O) groups excluding carboxylic acids is 4. The van der Waals surface area contributed by atoms with Crippen LogP contribution in [0.1, 0.15) is 73.6 Å². The minimum atomic E-state index is -1.09. The van der Waals surface area contributed by atoms with Crippen LogP contribution in [-0.4, -0.2) is 46.8 Å². The van der Waals surface area contributed by atoms with Gasteiger partial charge < -0.3 is 10.1 Å². The van der Waals surface area contributed by atoms with Crippen molar-refractivity contribution in [3.05, 3.63) is 35.4 Å². The van der Waals surface area contributed by atoms with Crippen molar-refractivity contribution in [2.75, 3.05) is 0 Å². The van der Waals surface area contributed by atoms with Gasteiger partial charge in [0.15, 0.2) is 6.10 Å².